The number of nitrogens with zero attached hydrogens (tertiary/aromatic N) is 2. The van der Waals surface area contributed by atoms with E-state index in [4.69, 9.17) is 42.1 Å². The molecule has 4 aromatic rings. The van der Waals surface area contributed by atoms with Crippen molar-refractivity contribution in [3.8, 4) is 23.0 Å². The summed E-state index contributed by atoms with van der Waals surface area (Å²) < 4.78 is 21.6. The average molecular weight is 762 g/mol. The van der Waals surface area contributed by atoms with Gasteiger partial charge in [-0.3, -0.25) is 9.59 Å². The number of hydrazone groups is 2. The molecule has 0 atom stereocenters. The molecule has 0 aromatic heterocycles. The van der Waals surface area contributed by atoms with E-state index in [0.717, 1.165) is 19.3 Å². The summed E-state index contributed by atoms with van der Waals surface area (Å²) in [5.74, 6) is -0.414. The van der Waals surface area contributed by atoms with E-state index in [0.29, 0.717) is 69.5 Å². The third-order valence-corrected chi connectivity index (χ3v) is 8.06. The molecule has 0 spiro atoms. The molecule has 0 saturated carbocycles. The predicted molar refractivity (Wildman–Crippen MR) is 203 cm³/mol. The predicted octanol–water partition coefficient (Wildman–Crippen LogP) is 7.78. The van der Waals surface area contributed by atoms with E-state index in [2.05, 4.69) is 21.1 Å². The van der Waals surface area contributed by atoms with E-state index in [9.17, 15) is 19.2 Å². The van der Waals surface area contributed by atoms with Gasteiger partial charge < -0.3 is 18.9 Å². The van der Waals surface area contributed by atoms with E-state index < -0.39 is 11.9 Å². The molecule has 0 aliphatic carbocycles. The molecule has 0 aliphatic rings. The number of carbonyl (C=O) groups is 4. The summed E-state index contributed by atoms with van der Waals surface area (Å²) in [5, 5.41) is 9.03. The fourth-order valence-electron chi connectivity index (χ4n) is 4.76. The number of carbonyl (C=O) groups excluding carboxylic acids is 4. The first-order valence-corrected chi connectivity index (χ1v) is 17.4. The van der Waals surface area contributed by atoms with Gasteiger partial charge in [0, 0.05) is 22.9 Å². The zero-order valence-corrected chi connectivity index (χ0v) is 30.6. The van der Waals surface area contributed by atoms with Crippen molar-refractivity contribution in [3.63, 3.8) is 0 Å². The van der Waals surface area contributed by atoms with Crippen molar-refractivity contribution in [2.24, 2.45) is 10.2 Å². The van der Waals surface area contributed by atoms with E-state index >= 15 is 0 Å². The fourth-order valence-corrected chi connectivity index (χ4v) is 5.01. The molecule has 0 aliphatic heterocycles. The first kappa shape index (κ1) is 40.1. The van der Waals surface area contributed by atoms with Gasteiger partial charge in [-0.2, -0.15) is 10.2 Å². The lowest BCUT2D eigenvalue weighted by Gasteiger charge is -2.10. The van der Waals surface area contributed by atoms with Crippen LogP contribution < -0.4 is 29.8 Å². The maximum atomic E-state index is 12.4. The standard InChI is InChI=1S/C39H38Cl2N4O8/c1-50-34-22-26(10-20-32(34)52-38(48)28-12-16-30(40)17-13-28)24-42-44-36(46)8-6-4-3-5-7-9-37(47)45-43-25-27-11-21-33(35(23-27)51-2)53-39(49)29-14-18-31(41)19-15-29/h10-25H,3-9H2,1-2H3,(H,44,46)(H,45,47). The minimum absolute atomic E-state index is 0.217. The Morgan fingerprint density at radius 3 is 1.30 bits per heavy atom. The molecule has 4 aromatic carbocycles. The van der Waals surface area contributed by atoms with Crippen LogP contribution in [0.3, 0.4) is 0 Å². The highest BCUT2D eigenvalue weighted by Crippen LogP contribution is 2.30. The third-order valence-electron chi connectivity index (χ3n) is 7.55. The Bertz CT molecular complexity index is 1790. The lowest BCUT2D eigenvalue weighted by molar-refractivity contribution is -0.121. The van der Waals surface area contributed by atoms with Crippen molar-refractivity contribution in [2.75, 3.05) is 14.2 Å². The van der Waals surface area contributed by atoms with Crippen molar-refractivity contribution in [1.29, 1.82) is 0 Å². The van der Waals surface area contributed by atoms with Crippen molar-refractivity contribution >= 4 is 59.4 Å². The molecule has 0 heterocycles. The van der Waals surface area contributed by atoms with Crippen LogP contribution in [0.1, 0.15) is 76.8 Å². The lowest BCUT2D eigenvalue weighted by Crippen LogP contribution is -2.17. The molecule has 14 heteroatoms. The number of halogens is 2. The zero-order valence-electron chi connectivity index (χ0n) is 29.1. The van der Waals surface area contributed by atoms with Crippen LogP contribution in [0.2, 0.25) is 10.0 Å². The fraction of sp³-hybridized carbons (Fsp3) is 0.231. The Kier molecular flexibility index (Phi) is 15.8. The number of ether oxygens (including phenoxy) is 4. The molecule has 2 N–H and O–H groups in total. The van der Waals surface area contributed by atoms with Crippen molar-refractivity contribution in [3.05, 3.63) is 117 Å². The van der Waals surface area contributed by atoms with Gasteiger partial charge in [-0.1, -0.05) is 42.5 Å². The second kappa shape index (κ2) is 21.0. The smallest absolute Gasteiger partial charge is 0.343 e. The second-order valence-corrected chi connectivity index (χ2v) is 12.3. The Morgan fingerprint density at radius 1 is 0.547 bits per heavy atom. The molecular formula is C39H38Cl2N4O8. The number of hydrogen-bond donors (Lipinski definition) is 2. The van der Waals surface area contributed by atoms with Crippen LogP contribution in [0.5, 0.6) is 23.0 Å². The number of benzene rings is 4. The van der Waals surface area contributed by atoms with E-state index in [1.54, 1.807) is 84.9 Å². The second-order valence-electron chi connectivity index (χ2n) is 11.5. The maximum absolute atomic E-state index is 12.4. The van der Waals surface area contributed by atoms with Gasteiger partial charge in [0.2, 0.25) is 11.8 Å². The van der Waals surface area contributed by atoms with Gasteiger partial charge in [0.15, 0.2) is 23.0 Å². The number of unbranched alkanes of at least 4 members (excludes halogenated alkanes) is 4. The van der Waals surface area contributed by atoms with Crippen LogP contribution in [0, 0.1) is 0 Å². The van der Waals surface area contributed by atoms with Gasteiger partial charge in [-0.25, -0.2) is 20.4 Å². The van der Waals surface area contributed by atoms with Crippen LogP contribution in [-0.2, 0) is 9.59 Å². The Hall–Kier alpha value is -5.72. The van der Waals surface area contributed by atoms with Crippen LogP contribution >= 0.6 is 23.2 Å². The molecule has 12 nitrogen and oxygen atoms in total. The molecule has 4 rings (SSSR count). The van der Waals surface area contributed by atoms with E-state index in [1.165, 1.54) is 26.6 Å². The molecule has 0 radical (unpaired) electrons. The summed E-state index contributed by atoms with van der Waals surface area (Å²) in [6.45, 7) is 0. The highest BCUT2D eigenvalue weighted by atomic mass is 35.5. The highest BCUT2D eigenvalue weighted by Gasteiger charge is 2.14. The molecule has 53 heavy (non-hydrogen) atoms. The average Bonchev–Trinajstić information content (AvgIpc) is 3.15. The van der Waals surface area contributed by atoms with Crippen molar-refractivity contribution < 1.29 is 38.1 Å². The van der Waals surface area contributed by atoms with Crippen LogP contribution in [0.4, 0.5) is 0 Å². The molecule has 0 fully saturated rings. The topological polar surface area (TPSA) is 154 Å². The lowest BCUT2D eigenvalue weighted by atomic mass is 10.1. The first-order chi connectivity index (χ1) is 25.6. The van der Waals surface area contributed by atoms with E-state index in [1.807, 2.05) is 0 Å². The van der Waals surface area contributed by atoms with Gasteiger partial charge in [-0.05, 0) is 109 Å². The normalized spacial score (nSPS) is 10.9. The van der Waals surface area contributed by atoms with Gasteiger partial charge in [0.1, 0.15) is 0 Å². The molecule has 0 unspecified atom stereocenters. The van der Waals surface area contributed by atoms with E-state index in [-0.39, 0.29) is 23.3 Å². The Balaban J connectivity index is 1.08. The van der Waals surface area contributed by atoms with Crippen LogP contribution in [-0.4, -0.2) is 50.4 Å². The summed E-state index contributed by atoms with van der Waals surface area (Å²) in [7, 11) is 2.91. The number of nitrogens with one attached hydrogen (secondary N) is 2. The highest BCUT2D eigenvalue weighted by molar-refractivity contribution is 6.31. The van der Waals surface area contributed by atoms with Crippen molar-refractivity contribution in [1.82, 2.24) is 10.9 Å². The molecular weight excluding hydrogens is 723 g/mol. The summed E-state index contributed by atoms with van der Waals surface area (Å²) >= 11 is 11.7. The third kappa shape index (κ3) is 13.4. The summed E-state index contributed by atoms with van der Waals surface area (Å²) in [6, 6.07) is 22.5. The van der Waals surface area contributed by atoms with Crippen molar-refractivity contribution in [2.45, 2.75) is 44.9 Å². The number of esters is 2. The van der Waals surface area contributed by atoms with Gasteiger partial charge in [0.25, 0.3) is 0 Å². The quantitative estimate of drug-likeness (QED) is 0.0343. The van der Waals surface area contributed by atoms with Crippen LogP contribution in [0.15, 0.2) is 95.1 Å². The number of amides is 2. The number of hydrogen-bond acceptors (Lipinski definition) is 10. The Labute approximate surface area is 317 Å². The number of methoxy groups -OCH3 is 2. The maximum Gasteiger partial charge on any atom is 0.343 e. The van der Waals surface area contributed by atoms with Gasteiger partial charge in [-0.15, -0.1) is 0 Å². The summed E-state index contributed by atoms with van der Waals surface area (Å²) in [5.41, 5.74) is 6.97. The zero-order chi connectivity index (χ0) is 38.0. The van der Waals surface area contributed by atoms with Crippen LogP contribution in [0.25, 0.3) is 0 Å². The molecule has 0 bridgehead atoms. The number of rotatable bonds is 18. The largest absolute Gasteiger partial charge is 0.493 e. The molecule has 0 saturated heterocycles. The minimum atomic E-state index is -0.554. The SMILES string of the molecule is COc1cc(C=NNC(=O)CCCCCCCC(=O)NN=Cc2ccc(OC(=O)c3ccc(Cl)cc3)c(OC)c2)ccc1OC(=O)c1ccc(Cl)cc1. The first-order valence-electron chi connectivity index (χ1n) is 16.6. The molecule has 2 amide bonds. The summed E-state index contributed by atoms with van der Waals surface area (Å²) in [4.78, 5) is 49.3. The molecule has 276 valence electrons. The monoisotopic (exact) mass is 760 g/mol. The van der Waals surface area contributed by atoms with Gasteiger partial charge in [0.05, 0.1) is 37.8 Å². The Morgan fingerprint density at radius 2 is 0.925 bits per heavy atom. The van der Waals surface area contributed by atoms with Gasteiger partial charge >= 0.3 is 11.9 Å². The summed E-state index contributed by atoms with van der Waals surface area (Å²) in [6.07, 6.45) is 7.46. The minimum Gasteiger partial charge on any atom is -0.493 e.